The van der Waals surface area contributed by atoms with Gasteiger partial charge in [0, 0.05) is 24.3 Å². The number of nitrogens with zero attached hydrogens (tertiary/aromatic N) is 2. The number of amides is 2. The van der Waals surface area contributed by atoms with E-state index in [1.807, 2.05) is 5.38 Å². The van der Waals surface area contributed by atoms with Crippen LogP contribution in [0.25, 0.3) is 0 Å². The Balaban J connectivity index is 1.66. The van der Waals surface area contributed by atoms with Crippen molar-refractivity contribution in [1.82, 2.24) is 9.88 Å². The van der Waals surface area contributed by atoms with E-state index in [2.05, 4.69) is 10.3 Å². The van der Waals surface area contributed by atoms with Crippen molar-refractivity contribution in [2.24, 2.45) is 0 Å². The number of hydrogen-bond donors (Lipinski definition) is 3. The molecule has 1 aromatic heterocycles. The van der Waals surface area contributed by atoms with Gasteiger partial charge in [-0.05, 0) is 12.8 Å². The van der Waals surface area contributed by atoms with Crippen LogP contribution in [0.3, 0.4) is 0 Å². The van der Waals surface area contributed by atoms with Gasteiger partial charge in [0.25, 0.3) is 0 Å². The fraction of sp³-hybridized carbons (Fsp3) is 0.583. The first kappa shape index (κ1) is 13.3. The molecule has 0 aromatic carbocycles. The topological polar surface area (TPSA) is 103 Å². The molecule has 1 saturated heterocycles. The Morgan fingerprint density at radius 1 is 1.45 bits per heavy atom. The molecule has 1 aliphatic carbocycles. The second-order valence-corrected chi connectivity index (χ2v) is 6.04. The highest BCUT2D eigenvalue weighted by Gasteiger charge is 2.39. The van der Waals surface area contributed by atoms with Crippen LogP contribution in [0.15, 0.2) is 5.38 Å². The van der Waals surface area contributed by atoms with Gasteiger partial charge in [0.15, 0.2) is 5.13 Å². The van der Waals surface area contributed by atoms with Crippen molar-refractivity contribution in [1.29, 1.82) is 0 Å². The number of carboxylic acid groups (broad SMARTS) is 1. The second kappa shape index (κ2) is 5.02. The van der Waals surface area contributed by atoms with Crippen molar-refractivity contribution in [2.75, 3.05) is 11.9 Å². The van der Waals surface area contributed by atoms with E-state index in [-0.39, 0.29) is 13.0 Å². The van der Waals surface area contributed by atoms with Crippen LogP contribution in [0.2, 0.25) is 0 Å². The molecule has 0 spiro atoms. The minimum atomic E-state index is -1.10. The molecular formula is C12H15N3O4S. The minimum Gasteiger partial charge on any atom is -0.480 e. The van der Waals surface area contributed by atoms with Gasteiger partial charge in [-0.1, -0.05) is 0 Å². The first-order valence-corrected chi connectivity index (χ1v) is 7.36. The highest BCUT2D eigenvalue weighted by Crippen LogP contribution is 2.40. The van der Waals surface area contributed by atoms with E-state index in [4.69, 9.17) is 5.11 Å². The number of carbonyl (C=O) groups excluding carboxylic acids is 1. The smallest absolute Gasteiger partial charge is 0.326 e. The number of carbonyl (C=O) groups is 2. The fourth-order valence-corrected chi connectivity index (χ4v) is 3.13. The maximum absolute atomic E-state index is 12.1. The third kappa shape index (κ3) is 2.61. The van der Waals surface area contributed by atoms with E-state index < -0.39 is 24.1 Å². The zero-order valence-electron chi connectivity index (χ0n) is 10.7. The molecule has 1 saturated carbocycles. The molecule has 2 heterocycles. The summed E-state index contributed by atoms with van der Waals surface area (Å²) in [5.74, 6) is -0.591. The number of hydrogen-bond acceptors (Lipinski definition) is 5. The van der Waals surface area contributed by atoms with Gasteiger partial charge in [0.2, 0.25) is 0 Å². The summed E-state index contributed by atoms with van der Waals surface area (Å²) in [5, 5.41) is 23.6. The van der Waals surface area contributed by atoms with E-state index in [0.29, 0.717) is 11.0 Å². The van der Waals surface area contributed by atoms with Crippen LogP contribution >= 0.6 is 11.3 Å². The Bertz CT molecular complexity index is 543. The number of aliphatic hydroxyl groups is 1. The van der Waals surface area contributed by atoms with Gasteiger partial charge >= 0.3 is 12.0 Å². The summed E-state index contributed by atoms with van der Waals surface area (Å²) in [7, 11) is 0. The lowest BCUT2D eigenvalue weighted by Crippen LogP contribution is -2.43. The van der Waals surface area contributed by atoms with Crippen molar-refractivity contribution in [3.63, 3.8) is 0 Å². The van der Waals surface area contributed by atoms with E-state index >= 15 is 0 Å². The van der Waals surface area contributed by atoms with Gasteiger partial charge in [-0.15, -0.1) is 11.3 Å². The zero-order chi connectivity index (χ0) is 14.3. The number of aliphatic hydroxyl groups excluding tert-OH is 1. The van der Waals surface area contributed by atoms with E-state index in [9.17, 15) is 14.7 Å². The second-order valence-electron chi connectivity index (χ2n) is 5.18. The molecule has 1 aromatic rings. The van der Waals surface area contributed by atoms with E-state index in [1.54, 1.807) is 0 Å². The van der Waals surface area contributed by atoms with Gasteiger partial charge in [-0.3, -0.25) is 5.32 Å². The molecule has 0 bridgehead atoms. The summed E-state index contributed by atoms with van der Waals surface area (Å²) < 4.78 is 0. The normalized spacial score (nSPS) is 25.8. The van der Waals surface area contributed by atoms with Gasteiger partial charge < -0.3 is 15.1 Å². The van der Waals surface area contributed by atoms with Crippen LogP contribution in [0, 0.1) is 0 Å². The first-order chi connectivity index (χ1) is 9.54. The van der Waals surface area contributed by atoms with Crippen molar-refractivity contribution < 1.29 is 19.8 Å². The van der Waals surface area contributed by atoms with Crippen LogP contribution in [-0.4, -0.2) is 50.8 Å². The Hall–Kier alpha value is -1.67. The minimum absolute atomic E-state index is 0.0314. The Kier molecular flexibility index (Phi) is 3.35. The summed E-state index contributed by atoms with van der Waals surface area (Å²) in [6.07, 6.45) is 1.54. The molecule has 3 rings (SSSR count). The average molecular weight is 297 g/mol. The van der Waals surface area contributed by atoms with Gasteiger partial charge in [0.05, 0.1) is 11.8 Å². The predicted octanol–water partition coefficient (Wildman–Crippen LogP) is 1.07. The summed E-state index contributed by atoms with van der Waals surface area (Å²) in [6.45, 7) is 0.0314. The first-order valence-electron chi connectivity index (χ1n) is 6.48. The number of urea groups is 1. The Morgan fingerprint density at radius 3 is 2.85 bits per heavy atom. The molecule has 2 aliphatic rings. The molecule has 0 unspecified atom stereocenters. The molecule has 8 heteroatoms. The number of anilines is 1. The lowest BCUT2D eigenvalue weighted by Gasteiger charge is -2.20. The molecule has 7 nitrogen and oxygen atoms in total. The number of thiazole rings is 1. The molecule has 1 aliphatic heterocycles. The largest absolute Gasteiger partial charge is 0.480 e. The number of likely N-dealkylation sites (tertiary alicyclic amines) is 1. The van der Waals surface area contributed by atoms with Crippen molar-refractivity contribution in [2.45, 2.75) is 37.3 Å². The van der Waals surface area contributed by atoms with Gasteiger partial charge in [-0.2, -0.15) is 0 Å². The number of aromatic nitrogens is 1. The molecule has 20 heavy (non-hydrogen) atoms. The van der Waals surface area contributed by atoms with Gasteiger partial charge in [0.1, 0.15) is 6.04 Å². The number of β-amino-alcohol motifs (C(OH)–C–C–N with tert-alkyl or cyclic N) is 1. The van der Waals surface area contributed by atoms with Crippen LogP contribution in [-0.2, 0) is 4.79 Å². The molecule has 2 atom stereocenters. The molecule has 2 fully saturated rings. The highest BCUT2D eigenvalue weighted by molar-refractivity contribution is 7.13. The van der Waals surface area contributed by atoms with Crippen LogP contribution < -0.4 is 5.32 Å². The van der Waals surface area contributed by atoms with Crippen molar-refractivity contribution >= 4 is 28.5 Å². The number of rotatable bonds is 3. The number of carboxylic acids is 1. The third-order valence-electron chi connectivity index (χ3n) is 3.56. The molecular weight excluding hydrogens is 282 g/mol. The van der Waals surface area contributed by atoms with Crippen molar-refractivity contribution in [3.8, 4) is 0 Å². The fourth-order valence-electron chi connectivity index (χ4n) is 2.35. The van der Waals surface area contributed by atoms with E-state index in [0.717, 1.165) is 23.4 Å². The summed E-state index contributed by atoms with van der Waals surface area (Å²) in [5.41, 5.74) is 0.988. The van der Waals surface area contributed by atoms with Gasteiger partial charge in [-0.25, -0.2) is 14.6 Å². The van der Waals surface area contributed by atoms with Crippen LogP contribution in [0.1, 0.15) is 30.9 Å². The Labute approximate surface area is 119 Å². The molecule has 3 N–H and O–H groups in total. The SMILES string of the molecule is O=C(O)[C@H]1C[C@@H](O)CN1C(=O)Nc1nc(C2CC2)cs1. The monoisotopic (exact) mass is 297 g/mol. The van der Waals surface area contributed by atoms with Crippen LogP contribution in [0.5, 0.6) is 0 Å². The van der Waals surface area contributed by atoms with Crippen LogP contribution in [0.4, 0.5) is 9.93 Å². The average Bonchev–Trinajstić information content (AvgIpc) is 3.01. The number of nitrogens with one attached hydrogen (secondary N) is 1. The zero-order valence-corrected chi connectivity index (χ0v) is 11.5. The summed E-state index contributed by atoms with van der Waals surface area (Å²) in [6, 6.07) is -1.50. The maximum Gasteiger partial charge on any atom is 0.326 e. The quantitative estimate of drug-likeness (QED) is 0.774. The molecule has 2 amide bonds. The number of aliphatic carboxylic acids is 1. The molecule has 0 radical (unpaired) electrons. The van der Waals surface area contributed by atoms with Crippen molar-refractivity contribution in [3.05, 3.63) is 11.1 Å². The Morgan fingerprint density at radius 2 is 2.20 bits per heavy atom. The predicted molar refractivity (Wildman–Crippen MR) is 71.9 cm³/mol. The third-order valence-corrected chi connectivity index (χ3v) is 4.33. The maximum atomic E-state index is 12.1. The summed E-state index contributed by atoms with van der Waals surface area (Å²) in [4.78, 5) is 28.6. The molecule has 108 valence electrons. The highest BCUT2D eigenvalue weighted by atomic mass is 32.1. The summed E-state index contributed by atoms with van der Waals surface area (Å²) >= 11 is 1.34. The lowest BCUT2D eigenvalue weighted by atomic mass is 10.2. The lowest BCUT2D eigenvalue weighted by molar-refractivity contribution is -0.141. The standard InChI is InChI=1S/C12H15N3O4S/c16-7-3-9(10(17)18)15(4-7)12(19)14-11-13-8(5-20-11)6-1-2-6/h5-7,9,16H,1-4H2,(H,17,18)(H,13,14,19)/t7-,9-/m1/s1. The van der Waals surface area contributed by atoms with E-state index in [1.165, 1.54) is 11.3 Å².